The first-order valence-corrected chi connectivity index (χ1v) is 10.5. The number of nitrogens with zero attached hydrogens (tertiary/aromatic N) is 1. The minimum Gasteiger partial charge on any atom is -0.496 e. The van der Waals surface area contributed by atoms with Crippen molar-refractivity contribution in [2.45, 2.75) is 25.4 Å². The van der Waals surface area contributed by atoms with Crippen LogP contribution in [-0.2, 0) is 16.0 Å². The number of aliphatic hydroxyl groups is 1. The van der Waals surface area contributed by atoms with Crippen LogP contribution in [0.15, 0.2) is 59.5 Å². The molecule has 10 nitrogen and oxygen atoms in total. The normalized spacial score (nSPS) is 16.1. The number of ether oxygens (including phenoxy) is 3. The number of hydrogen-bond acceptors (Lipinski definition) is 9. The Kier molecular flexibility index (Phi) is 7.28. The summed E-state index contributed by atoms with van der Waals surface area (Å²) in [5.41, 5.74) is 2.93. The van der Waals surface area contributed by atoms with Crippen LogP contribution in [0.4, 0.5) is 16.2 Å². The molecule has 1 unspecified atom stereocenters. The molecule has 1 aliphatic rings. The van der Waals surface area contributed by atoms with Gasteiger partial charge < -0.3 is 39.7 Å². The molecule has 2 heterocycles. The van der Waals surface area contributed by atoms with Crippen LogP contribution in [0.25, 0.3) is 11.3 Å². The van der Waals surface area contributed by atoms with E-state index in [1.165, 1.54) is 6.39 Å². The molecule has 1 aromatic heterocycles. The lowest BCUT2D eigenvalue weighted by Gasteiger charge is -2.18. The van der Waals surface area contributed by atoms with Gasteiger partial charge in [-0.3, -0.25) is 0 Å². The maximum atomic E-state index is 11.9. The van der Waals surface area contributed by atoms with E-state index in [0.717, 1.165) is 11.1 Å². The molecule has 0 saturated carbocycles. The molecule has 33 heavy (non-hydrogen) atoms. The number of oxazole rings is 1. The predicted molar refractivity (Wildman–Crippen MR) is 121 cm³/mol. The number of methoxy groups -OCH3 is 1. The number of amides is 1. The number of alkyl carbamates (subject to hydrolysis) is 1. The van der Waals surface area contributed by atoms with Crippen molar-refractivity contribution in [3.63, 3.8) is 0 Å². The summed E-state index contributed by atoms with van der Waals surface area (Å²) in [5, 5.41) is 19.1. The summed E-state index contributed by atoms with van der Waals surface area (Å²) in [5.74, 6) is 1.16. The Morgan fingerprint density at radius 1 is 1.24 bits per heavy atom. The molecule has 1 fully saturated rings. The van der Waals surface area contributed by atoms with Crippen LogP contribution >= 0.6 is 0 Å². The highest BCUT2D eigenvalue weighted by Gasteiger charge is 2.19. The monoisotopic (exact) mass is 454 g/mol. The molecular formula is C23H26N4O6. The van der Waals surface area contributed by atoms with E-state index in [1.54, 1.807) is 25.4 Å². The second kappa shape index (κ2) is 10.7. The van der Waals surface area contributed by atoms with E-state index in [2.05, 4.69) is 20.9 Å². The van der Waals surface area contributed by atoms with Gasteiger partial charge in [0.2, 0.25) is 6.35 Å². The standard InChI is InChI=1S/C23H26N4O6/c1-30-20-10-17(5-6-19(20)21-12-24-14-32-21)27-22(28)26-16-4-2-3-15(9-16)11-25-23(29)33-18-7-8-31-13-18/h2-6,9-10,12,14,18,22,26-28H,7-8,11,13H2,1H3,(H,25,29)/t18-,22?/m0/s1. The van der Waals surface area contributed by atoms with Crippen LogP contribution in [0.5, 0.6) is 5.75 Å². The number of hydrogen-bond donors (Lipinski definition) is 4. The highest BCUT2D eigenvalue weighted by atomic mass is 16.6. The zero-order valence-corrected chi connectivity index (χ0v) is 18.1. The highest BCUT2D eigenvalue weighted by molar-refractivity contribution is 5.69. The fraction of sp³-hybridized carbons (Fsp3) is 0.304. The molecule has 1 aliphatic heterocycles. The van der Waals surface area contributed by atoms with Crippen LogP contribution in [0, 0.1) is 0 Å². The predicted octanol–water partition coefficient (Wildman–Crippen LogP) is 3.17. The number of benzene rings is 2. The van der Waals surface area contributed by atoms with E-state index in [-0.39, 0.29) is 6.10 Å². The number of nitrogens with one attached hydrogen (secondary N) is 3. The number of carbonyl (C=O) groups is 1. The van der Waals surface area contributed by atoms with E-state index >= 15 is 0 Å². The van der Waals surface area contributed by atoms with Gasteiger partial charge >= 0.3 is 6.09 Å². The van der Waals surface area contributed by atoms with Crippen LogP contribution in [0.3, 0.4) is 0 Å². The Balaban J connectivity index is 1.31. The third-order valence-corrected chi connectivity index (χ3v) is 5.03. The van der Waals surface area contributed by atoms with Crippen molar-refractivity contribution in [2.24, 2.45) is 0 Å². The Bertz CT molecular complexity index is 1050. The number of anilines is 2. The van der Waals surface area contributed by atoms with Crippen molar-refractivity contribution in [3.05, 3.63) is 60.6 Å². The fourth-order valence-corrected chi connectivity index (χ4v) is 3.43. The molecule has 10 heteroatoms. The summed E-state index contributed by atoms with van der Waals surface area (Å²) >= 11 is 0. The van der Waals surface area contributed by atoms with E-state index in [0.29, 0.717) is 49.1 Å². The molecule has 0 spiro atoms. The van der Waals surface area contributed by atoms with Crippen molar-refractivity contribution in [2.75, 3.05) is 31.0 Å². The van der Waals surface area contributed by atoms with E-state index in [9.17, 15) is 9.90 Å². The SMILES string of the molecule is COc1cc(NC(O)Nc2cccc(CNC(=O)O[C@H]3CCOC3)c2)ccc1-c1cnco1. The zero-order chi connectivity index (χ0) is 23.0. The summed E-state index contributed by atoms with van der Waals surface area (Å²) in [6.07, 6.45) is 1.93. The largest absolute Gasteiger partial charge is 0.496 e. The number of aromatic nitrogens is 1. The van der Waals surface area contributed by atoms with E-state index < -0.39 is 12.4 Å². The van der Waals surface area contributed by atoms with E-state index in [1.807, 2.05) is 30.3 Å². The van der Waals surface area contributed by atoms with Crippen LogP contribution in [-0.4, -0.2) is 49.0 Å². The van der Waals surface area contributed by atoms with Gasteiger partial charge in [0.1, 0.15) is 11.9 Å². The van der Waals surface area contributed by atoms with Gasteiger partial charge in [0, 0.05) is 30.4 Å². The second-order valence-electron chi connectivity index (χ2n) is 7.42. The molecule has 0 bridgehead atoms. The second-order valence-corrected chi connectivity index (χ2v) is 7.42. The summed E-state index contributed by atoms with van der Waals surface area (Å²) in [6.45, 7) is 1.35. The molecule has 0 radical (unpaired) electrons. The lowest BCUT2D eigenvalue weighted by atomic mass is 10.1. The Morgan fingerprint density at radius 3 is 2.82 bits per heavy atom. The number of aliphatic hydroxyl groups excluding tert-OH is 1. The van der Waals surface area contributed by atoms with Crippen molar-refractivity contribution in [1.82, 2.24) is 10.3 Å². The smallest absolute Gasteiger partial charge is 0.407 e. The highest BCUT2D eigenvalue weighted by Crippen LogP contribution is 2.32. The fourth-order valence-electron chi connectivity index (χ4n) is 3.43. The lowest BCUT2D eigenvalue weighted by Crippen LogP contribution is -2.29. The van der Waals surface area contributed by atoms with Crippen LogP contribution in [0.1, 0.15) is 12.0 Å². The summed E-state index contributed by atoms with van der Waals surface area (Å²) < 4.78 is 21.2. The lowest BCUT2D eigenvalue weighted by molar-refractivity contribution is 0.0828. The van der Waals surface area contributed by atoms with Gasteiger partial charge in [-0.2, -0.15) is 0 Å². The zero-order valence-electron chi connectivity index (χ0n) is 18.1. The first kappa shape index (κ1) is 22.4. The first-order valence-electron chi connectivity index (χ1n) is 10.5. The molecule has 1 amide bonds. The molecule has 174 valence electrons. The van der Waals surface area contributed by atoms with E-state index in [4.69, 9.17) is 18.6 Å². The average molecular weight is 454 g/mol. The molecule has 0 aliphatic carbocycles. The molecule has 3 aromatic rings. The van der Waals surface area contributed by atoms with Gasteiger partial charge in [-0.1, -0.05) is 12.1 Å². The Morgan fingerprint density at radius 2 is 2.09 bits per heavy atom. The minimum atomic E-state index is -1.07. The van der Waals surface area contributed by atoms with Crippen molar-refractivity contribution in [1.29, 1.82) is 0 Å². The third kappa shape index (κ3) is 6.15. The topological polar surface area (TPSA) is 127 Å². The average Bonchev–Trinajstić information content (AvgIpc) is 3.52. The number of rotatable bonds is 9. The van der Waals surface area contributed by atoms with Crippen molar-refractivity contribution in [3.8, 4) is 17.1 Å². The molecule has 4 rings (SSSR count). The molecular weight excluding hydrogens is 428 g/mol. The van der Waals surface area contributed by atoms with Gasteiger partial charge in [0.15, 0.2) is 12.2 Å². The van der Waals surface area contributed by atoms with Gasteiger partial charge in [0.05, 0.1) is 32.1 Å². The van der Waals surface area contributed by atoms with Gasteiger partial charge in [-0.15, -0.1) is 0 Å². The maximum Gasteiger partial charge on any atom is 0.407 e. The molecule has 4 N–H and O–H groups in total. The van der Waals surface area contributed by atoms with Crippen LogP contribution in [0.2, 0.25) is 0 Å². The minimum absolute atomic E-state index is 0.192. The molecule has 1 saturated heterocycles. The van der Waals surface area contributed by atoms with Crippen LogP contribution < -0.4 is 20.7 Å². The molecule has 2 aromatic carbocycles. The number of carbonyl (C=O) groups excluding carboxylic acids is 1. The van der Waals surface area contributed by atoms with Gasteiger partial charge in [-0.25, -0.2) is 9.78 Å². The van der Waals surface area contributed by atoms with Crippen molar-refractivity contribution >= 4 is 17.5 Å². The third-order valence-electron chi connectivity index (χ3n) is 5.03. The molecule has 2 atom stereocenters. The summed E-state index contributed by atoms with van der Waals surface area (Å²) in [6, 6.07) is 12.7. The summed E-state index contributed by atoms with van der Waals surface area (Å²) in [4.78, 5) is 15.8. The van der Waals surface area contributed by atoms with Gasteiger partial charge in [-0.05, 0) is 29.8 Å². The summed E-state index contributed by atoms with van der Waals surface area (Å²) in [7, 11) is 1.56. The Hall–Kier alpha value is -3.76. The maximum absolute atomic E-state index is 11.9. The van der Waals surface area contributed by atoms with Gasteiger partial charge in [0.25, 0.3) is 0 Å². The Labute approximate surface area is 190 Å². The first-order chi connectivity index (χ1) is 16.1. The quantitative estimate of drug-likeness (QED) is 0.361. The van der Waals surface area contributed by atoms with Crippen molar-refractivity contribution < 1.29 is 28.5 Å².